The first-order chi connectivity index (χ1) is 16.0. The molecule has 0 atom stereocenters. The number of nitrogens with one attached hydrogen (secondary N) is 2. The molecule has 4 heterocycles. The molecule has 4 rings (SSSR count). The first-order valence-electron chi connectivity index (χ1n) is 10.7. The number of amides is 2. The molecule has 10 nitrogen and oxygen atoms in total. The van der Waals surface area contributed by atoms with Crippen LogP contribution in [-0.4, -0.2) is 70.9 Å². The zero-order valence-electron chi connectivity index (χ0n) is 18.3. The van der Waals surface area contributed by atoms with Crippen molar-refractivity contribution >= 4 is 39.8 Å². The molecule has 0 spiro atoms. The molecule has 3 aromatic rings. The molecular formula is C22H26N8O2S. The van der Waals surface area contributed by atoms with Gasteiger partial charge in [-0.05, 0) is 12.1 Å². The van der Waals surface area contributed by atoms with E-state index in [1.54, 1.807) is 31.6 Å². The molecule has 0 bridgehead atoms. The van der Waals surface area contributed by atoms with Gasteiger partial charge in [-0.25, -0.2) is 9.97 Å². The lowest BCUT2D eigenvalue weighted by molar-refractivity contribution is -0.129. The van der Waals surface area contributed by atoms with E-state index < -0.39 is 0 Å². The SMILES string of the molecule is CC(=O)N1CCN(c2ccnc(Nc3ncc(-c4cncc(C(=O)NCCN)c4)s3)c2)CC1. The normalized spacial score (nSPS) is 13.6. The molecular weight excluding hydrogens is 440 g/mol. The van der Waals surface area contributed by atoms with Crippen molar-refractivity contribution in [3.05, 3.63) is 48.5 Å². The van der Waals surface area contributed by atoms with E-state index in [1.165, 1.54) is 17.5 Å². The van der Waals surface area contributed by atoms with Gasteiger partial charge in [-0.1, -0.05) is 11.3 Å². The first kappa shape index (κ1) is 22.6. The summed E-state index contributed by atoms with van der Waals surface area (Å²) >= 11 is 1.45. The second kappa shape index (κ2) is 10.4. The van der Waals surface area contributed by atoms with E-state index in [2.05, 4.69) is 30.5 Å². The molecule has 0 unspecified atom stereocenters. The Bertz CT molecular complexity index is 1130. The van der Waals surface area contributed by atoms with Gasteiger partial charge in [0.15, 0.2) is 5.13 Å². The number of carbonyl (C=O) groups excluding carboxylic acids is 2. The van der Waals surface area contributed by atoms with Crippen LogP contribution in [0.3, 0.4) is 0 Å². The van der Waals surface area contributed by atoms with Crippen LogP contribution in [0.15, 0.2) is 43.0 Å². The summed E-state index contributed by atoms with van der Waals surface area (Å²) in [4.78, 5) is 41.8. The summed E-state index contributed by atoms with van der Waals surface area (Å²) in [5, 5.41) is 6.69. The van der Waals surface area contributed by atoms with Gasteiger partial charge in [-0.3, -0.25) is 14.6 Å². The maximum absolute atomic E-state index is 12.2. The number of anilines is 3. The second-order valence-corrected chi connectivity index (χ2v) is 8.58. The Labute approximate surface area is 195 Å². The number of rotatable bonds is 7. The summed E-state index contributed by atoms with van der Waals surface area (Å²) in [6.45, 7) is 5.40. The number of piperazine rings is 1. The number of pyridine rings is 2. The van der Waals surface area contributed by atoms with E-state index in [-0.39, 0.29) is 11.8 Å². The van der Waals surface area contributed by atoms with Gasteiger partial charge in [0, 0.05) is 88.3 Å². The van der Waals surface area contributed by atoms with Gasteiger partial charge in [-0.15, -0.1) is 0 Å². The van der Waals surface area contributed by atoms with Crippen LogP contribution >= 0.6 is 11.3 Å². The van der Waals surface area contributed by atoms with Crippen molar-refractivity contribution in [2.75, 3.05) is 49.5 Å². The highest BCUT2D eigenvalue weighted by atomic mass is 32.1. The number of aromatic nitrogens is 3. The molecule has 33 heavy (non-hydrogen) atoms. The molecule has 1 fully saturated rings. The van der Waals surface area contributed by atoms with Crippen LogP contribution in [0.2, 0.25) is 0 Å². The van der Waals surface area contributed by atoms with Gasteiger partial charge in [-0.2, -0.15) is 0 Å². The lowest BCUT2D eigenvalue weighted by Crippen LogP contribution is -2.48. The molecule has 4 N–H and O–H groups in total. The fourth-order valence-electron chi connectivity index (χ4n) is 3.53. The average molecular weight is 467 g/mol. The Balaban J connectivity index is 1.43. The topological polar surface area (TPSA) is 129 Å². The molecule has 0 aliphatic carbocycles. The Hall–Kier alpha value is -3.57. The van der Waals surface area contributed by atoms with Crippen LogP contribution in [0.5, 0.6) is 0 Å². The Morgan fingerprint density at radius 1 is 1.12 bits per heavy atom. The van der Waals surface area contributed by atoms with E-state index >= 15 is 0 Å². The zero-order chi connectivity index (χ0) is 23.2. The Morgan fingerprint density at radius 2 is 1.94 bits per heavy atom. The largest absolute Gasteiger partial charge is 0.368 e. The van der Waals surface area contributed by atoms with Crippen molar-refractivity contribution in [3.8, 4) is 10.4 Å². The van der Waals surface area contributed by atoms with Crippen molar-refractivity contribution in [3.63, 3.8) is 0 Å². The third-order valence-electron chi connectivity index (χ3n) is 5.29. The lowest BCUT2D eigenvalue weighted by atomic mass is 10.2. The second-order valence-electron chi connectivity index (χ2n) is 7.55. The van der Waals surface area contributed by atoms with Crippen molar-refractivity contribution < 1.29 is 9.59 Å². The molecule has 3 aromatic heterocycles. The third kappa shape index (κ3) is 5.62. The summed E-state index contributed by atoms with van der Waals surface area (Å²) in [7, 11) is 0. The van der Waals surface area contributed by atoms with Crippen LogP contribution in [-0.2, 0) is 4.79 Å². The van der Waals surface area contributed by atoms with Crippen molar-refractivity contribution in [1.82, 2.24) is 25.2 Å². The molecule has 0 radical (unpaired) electrons. The molecule has 1 saturated heterocycles. The summed E-state index contributed by atoms with van der Waals surface area (Å²) in [5.41, 5.74) is 7.78. The smallest absolute Gasteiger partial charge is 0.252 e. The number of thiazole rings is 1. The van der Waals surface area contributed by atoms with Crippen LogP contribution in [0.1, 0.15) is 17.3 Å². The molecule has 0 aromatic carbocycles. The van der Waals surface area contributed by atoms with E-state index in [1.807, 2.05) is 17.0 Å². The van der Waals surface area contributed by atoms with Gasteiger partial charge in [0.2, 0.25) is 5.91 Å². The molecule has 0 saturated carbocycles. The summed E-state index contributed by atoms with van der Waals surface area (Å²) in [5.74, 6) is 0.599. The van der Waals surface area contributed by atoms with E-state index in [4.69, 9.17) is 5.73 Å². The van der Waals surface area contributed by atoms with Crippen LogP contribution in [0.4, 0.5) is 16.6 Å². The minimum Gasteiger partial charge on any atom is -0.368 e. The first-order valence-corrected chi connectivity index (χ1v) is 11.5. The average Bonchev–Trinajstić information content (AvgIpc) is 3.31. The fourth-order valence-corrected chi connectivity index (χ4v) is 4.33. The molecule has 1 aliphatic heterocycles. The molecule has 1 aliphatic rings. The minimum absolute atomic E-state index is 0.114. The highest BCUT2D eigenvalue weighted by molar-refractivity contribution is 7.18. The van der Waals surface area contributed by atoms with Gasteiger partial charge in [0.1, 0.15) is 5.82 Å². The summed E-state index contributed by atoms with van der Waals surface area (Å²) in [6.07, 6.45) is 6.74. The highest BCUT2D eigenvalue weighted by Crippen LogP contribution is 2.31. The lowest BCUT2D eigenvalue weighted by Gasteiger charge is -2.35. The van der Waals surface area contributed by atoms with E-state index in [0.29, 0.717) is 42.7 Å². The molecule has 11 heteroatoms. The van der Waals surface area contributed by atoms with Gasteiger partial charge in [0.25, 0.3) is 5.91 Å². The van der Waals surface area contributed by atoms with E-state index in [9.17, 15) is 9.59 Å². The van der Waals surface area contributed by atoms with Crippen molar-refractivity contribution in [1.29, 1.82) is 0 Å². The third-order valence-corrected chi connectivity index (χ3v) is 6.25. The number of hydrogen-bond acceptors (Lipinski definition) is 9. The van der Waals surface area contributed by atoms with Crippen LogP contribution < -0.4 is 21.3 Å². The van der Waals surface area contributed by atoms with Gasteiger partial charge >= 0.3 is 0 Å². The standard InChI is InChI=1S/C22H26N8O2S/c1-15(31)29-6-8-30(9-7-29)18-2-4-25-20(11-18)28-22-27-14-19(33-22)16-10-17(13-24-12-16)21(32)26-5-3-23/h2,4,10-14H,3,5-9,23H2,1H3,(H,26,32)(H,25,27,28). The number of hydrogen-bond donors (Lipinski definition) is 3. The van der Waals surface area contributed by atoms with Gasteiger partial charge < -0.3 is 26.2 Å². The molecule has 2 amide bonds. The maximum Gasteiger partial charge on any atom is 0.252 e. The summed E-state index contributed by atoms with van der Waals surface area (Å²) < 4.78 is 0. The Kier molecular flexibility index (Phi) is 7.10. The predicted octanol–water partition coefficient (Wildman–Crippen LogP) is 1.70. The van der Waals surface area contributed by atoms with Crippen LogP contribution in [0, 0.1) is 0 Å². The Morgan fingerprint density at radius 3 is 2.70 bits per heavy atom. The maximum atomic E-state index is 12.2. The highest BCUT2D eigenvalue weighted by Gasteiger charge is 2.19. The molecule has 172 valence electrons. The van der Waals surface area contributed by atoms with Crippen molar-refractivity contribution in [2.45, 2.75) is 6.92 Å². The monoisotopic (exact) mass is 466 g/mol. The fraction of sp³-hybridized carbons (Fsp3) is 0.318. The van der Waals surface area contributed by atoms with Crippen molar-refractivity contribution in [2.24, 2.45) is 5.73 Å². The van der Waals surface area contributed by atoms with Gasteiger partial charge in [0.05, 0.1) is 10.4 Å². The quantitative estimate of drug-likeness (QED) is 0.480. The summed E-state index contributed by atoms with van der Waals surface area (Å²) in [6, 6.07) is 5.74. The number of nitrogens with zero attached hydrogens (tertiary/aromatic N) is 5. The van der Waals surface area contributed by atoms with Crippen LogP contribution in [0.25, 0.3) is 10.4 Å². The number of carbonyl (C=O) groups is 2. The number of nitrogens with two attached hydrogens (primary N) is 1. The predicted molar refractivity (Wildman–Crippen MR) is 129 cm³/mol. The van der Waals surface area contributed by atoms with E-state index in [0.717, 1.165) is 29.2 Å². The zero-order valence-corrected chi connectivity index (χ0v) is 19.1. The minimum atomic E-state index is -0.206.